The summed E-state index contributed by atoms with van der Waals surface area (Å²) in [5, 5.41) is 15.8. The van der Waals surface area contributed by atoms with Crippen LogP contribution in [-0.4, -0.2) is 16.7 Å². The number of carbonyl (C=O) groups is 2. The van der Waals surface area contributed by atoms with Gasteiger partial charge in [0.25, 0.3) is 0 Å². The Kier molecular flexibility index (Phi) is 2.66. The van der Waals surface area contributed by atoms with Crippen LogP contribution < -0.4 is 0 Å². The van der Waals surface area contributed by atoms with Gasteiger partial charge in [0, 0.05) is 5.56 Å². The van der Waals surface area contributed by atoms with Crippen molar-refractivity contribution in [3.05, 3.63) is 71.8 Å². The topological polar surface area (TPSA) is 54.4 Å². The molecule has 1 aliphatic rings. The zero-order chi connectivity index (χ0) is 17.1. The molecule has 0 aliphatic heterocycles. The Morgan fingerprint density at radius 3 is 2.20 bits per heavy atom. The molecule has 4 aromatic rings. The van der Waals surface area contributed by atoms with E-state index in [4.69, 9.17) is 0 Å². The van der Waals surface area contributed by atoms with Crippen molar-refractivity contribution in [3.8, 4) is 5.75 Å². The first-order valence-corrected chi connectivity index (χ1v) is 8.01. The van der Waals surface area contributed by atoms with Gasteiger partial charge < -0.3 is 5.11 Å². The maximum Gasteiger partial charge on any atom is 0.233 e. The normalized spacial score (nSPS) is 13.8. The quantitative estimate of drug-likeness (QED) is 0.291. The van der Waals surface area contributed by atoms with Crippen molar-refractivity contribution in [2.24, 2.45) is 0 Å². The highest BCUT2D eigenvalue weighted by Crippen LogP contribution is 2.34. The van der Waals surface area contributed by atoms with E-state index in [2.05, 4.69) is 12.1 Å². The second kappa shape index (κ2) is 4.77. The van der Waals surface area contributed by atoms with Crippen LogP contribution in [0, 0.1) is 0 Å². The van der Waals surface area contributed by atoms with Gasteiger partial charge in [-0.25, -0.2) is 0 Å². The Morgan fingerprint density at radius 1 is 0.640 bits per heavy atom. The Labute approximate surface area is 142 Å². The molecular weight excluding hydrogens is 312 g/mol. The molecule has 0 amide bonds. The van der Waals surface area contributed by atoms with Crippen LogP contribution in [-0.2, 0) is 4.79 Å². The summed E-state index contributed by atoms with van der Waals surface area (Å²) in [5.41, 5.74) is 1.25. The molecule has 0 spiro atoms. The summed E-state index contributed by atoms with van der Waals surface area (Å²) in [6.07, 6.45) is 3.07. The third-order valence-corrected chi connectivity index (χ3v) is 4.87. The lowest BCUT2D eigenvalue weighted by Gasteiger charge is -2.13. The van der Waals surface area contributed by atoms with E-state index in [0.29, 0.717) is 5.56 Å². The molecule has 0 aromatic heterocycles. The van der Waals surface area contributed by atoms with E-state index in [9.17, 15) is 14.7 Å². The van der Waals surface area contributed by atoms with Crippen molar-refractivity contribution in [3.63, 3.8) is 0 Å². The number of phenols is 1. The van der Waals surface area contributed by atoms with Crippen LogP contribution in [0.3, 0.4) is 0 Å². The summed E-state index contributed by atoms with van der Waals surface area (Å²) < 4.78 is 0. The summed E-state index contributed by atoms with van der Waals surface area (Å²) in [5.74, 6) is -0.701. The fraction of sp³-hybridized carbons (Fsp3) is 0. The number of hydrogen-bond donors (Lipinski definition) is 1. The minimum Gasteiger partial charge on any atom is -0.508 e. The summed E-state index contributed by atoms with van der Waals surface area (Å²) in [6.45, 7) is 0. The number of aromatic hydroxyl groups is 1. The van der Waals surface area contributed by atoms with Crippen LogP contribution in [0.4, 0.5) is 0 Å². The maximum atomic E-state index is 12.1. The number of benzene rings is 4. The second-order valence-electron chi connectivity index (χ2n) is 6.32. The molecule has 118 valence electrons. The largest absolute Gasteiger partial charge is 0.508 e. The molecule has 4 aromatic carbocycles. The summed E-state index contributed by atoms with van der Waals surface area (Å²) >= 11 is 0. The Morgan fingerprint density at radius 2 is 1.36 bits per heavy atom. The summed E-state index contributed by atoms with van der Waals surface area (Å²) in [4.78, 5) is 23.8. The average Bonchev–Trinajstić information content (AvgIpc) is 2.62. The third-order valence-electron chi connectivity index (χ3n) is 4.87. The second-order valence-corrected chi connectivity index (χ2v) is 6.32. The lowest BCUT2D eigenvalue weighted by molar-refractivity contribution is -0.110. The fourth-order valence-corrected chi connectivity index (χ4v) is 3.64. The highest BCUT2D eigenvalue weighted by atomic mass is 16.3. The van der Waals surface area contributed by atoms with E-state index in [1.54, 1.807) is 24.3 Å². The Hall–Kier alpha value is -3.46. The highest BCUT2D eigenvalue weighted by Gasteiger charge is 2.22. The van der Waals surface area contributed by atoms with Gasteiger partial charge in [-0.2, -0.15) is 0 Å². The van der Waals surface area contributed by atoms with Crippen LogP contribution in [0.1, 0.15) is 15.9 Å². The number of allylic oxidation sites excluding steroid dienone is 1. The van der Waals surface area contributed by atoms with Gasteiger partial charge in [0.05, 0.1) is 0 Å². The standard InChI is InChI=1S/C22H12O3/c23-15-4-6-16-14(10-15)2-1-12-9-13-3-5-18-17(20(13)11-19(12)16)7-8-21(24)22(18)25/h1-11,23H. The first-order chi connectivity index (χ1) is 12.1. The molecule has 0 heterocycles. The number of fused-ring (bicyclic) bond motifs is 6. The Bertz CT molecular complexity index is 1280. The van der Waals surface area contributed by atoms with E-state index in [0.717, 1.165) is 37.9 Å². The van der Waals surface area contributed by atoms with E-state index in [1.165, 1.54) is 6.08 Å². The van der Waals surface area contributed by atoms with Crippen molar-refractivity contribution in [2.45, 2.75) is 0 Å². The highest BCUT2D eigenvalue weighted by molar-refractivity contribution is 6.50. The van der Waals surface area contributed by atoms with E-state index < -0.39 is 11.6 Å². The minimum atomic E-state index is -0.478. The molecule has 5 rings (SSSR count). The molecule has 3 heteroatoms. The van der Waals surface area contributed by atoms with Crippen molar-refractivity contribution >= 4 is 50.0 Å². The van der Waals surface area contributed by atoms with Crippen LogP contribution in [0.2, 0.25) is 0 Å². The first-order valence-electron chi connectivity index (χ1n) is 8.01. The Balaban J connectivity index is 1.94. The molecule has 0 fully saturated rings. The van der Waals surface area contributed by atoms with Gasteiger partial charge in [0.2, 0.25) is 11.6 Å². The predicted molar refractivity (Wildman–Crippen MR) is 99.0 cm³/mol. The van der Waals surface area contributed by atoms with E-state index in [-0.39, 0.29) is 5.75 Å². The molecule has 3 nitrogen and oxygen atoms in total. The van der Waals surface area contributed by atoms with Gasteiger partial charge in [0.15, 0.2) is 0 Å². The molecule has 25 heavy (non-hydrogen) atoms. The fourth-order valence-electron chi connectivity index (χ4n) is 3.64. The third kappa shape index (κ3) is 1.93. The monoisotopic (exact) mass is 324 g/mol. The lowest BCUT2D eigenvalue weighted by atomic mass is 9.89. The molecule has 0 radical (unpaired) electrons. The van der Waals surface area contributed by atoms with Crippen LogP contribution in [0.15, 0.2) is 60.7 Å². The number of hydrogen-bond acceptors (Lipinski definition) is 3. The molecule has 0 saturated carbocycles. The predicted octanol–water partition coefficient (Wildman–Crippen LogP) is 4.63. The number of Topliss-reactive ketones (excluding diaryl/α,β-unsaturated/α-hetero) is 1. The number of ketones is 2. The van der Waals surface area contributed by atoms with Gasteiger partial charge in [0.1, 0.15) is 5.75 Å². The van der Waals surface area contributed by atoms with Crippen molar-refractivity contribution in [1.82, 2.24) is 0 Å². The van der Waals surface area contributed by atoms with Gasteiger partial charge >= 0.3 is 0 Å². The van der Waals surface area contributed by atoms with Crippen molar-refractivity contribution in [1.29, 1.82) is 0 Å². The molecule has 1 aliphatic carbocycles. The molecule has 0 atom stereocenters. The molecule has 0 bridgehead atoms. The summed E-state index contributed by atoms with van der Waals surface area (Å²) in [6, 6.07) is 17.1. The minimum absolute atomic E-state index is 0.233. The van der Waals surface area contributed by atoms with Crippen LogP contribution >= 0.6 is 0 Å². The number of phenolic OH excluding ortho intramolecular Hbond substituents is 1. The zero-order valence-corrected chi connectivity index (χ0v) is 13.1. The molecule has 0 unspecified atom stereocenters. The maximum absolute atomic E-state index is 12.1. The molecule has 0 saturated heterocycles. The lowest BCUT2D eigenvalue weighted by Crippen LogP contribution is -2.16. The summed E-state index contributed by atoms with van der Waals surface area (Å²) in [7, 11) is 0. The van der Waals surface area contributed by atoms with Crippen LogP contribution in [0.25, 0.3) is 38.4 Å². The van der Waals surface area contributed by atoms with E-state index >= 15 is 0 Å². The van der Waals surface area contributed by atoms with E-state index in [1.807, 2.05) is 24.3 Å². The van der Waals surface area contributed by atoms with Crippen LogP contribution in [0.5, 0.6) is 5.75 Å². The van der Waals surface area contributed by atoms with Gasteiger partial charge in [-0.3, -0.25) is 9.59 Å². The van der Waals surface area contributed by atoms with Crippen molar-refractivity contribution in [2.75, 3.05) is 0 Å². The SMILES string of the molecule is O=C1C=Cc2c(ccc3cc4ccc5cc(O)ccc5c4cc23)C1=O. The smallest absolute Gasteiger partial charge is 0.233 e. The zero-order valence-electron chi connectivity index (χ0n) is 13.1. The number of carbonyl (C=O) groups excluding carboxylic acids is 2. The van der Waals surface area contributed by atoms with Gasteiger partial charge in [-0.15, -0.1) is 0 Å². The number of rotatable bonds is 0. The average molecular weight is 324 g/mol. The van der Waals surface area contributed by atoms with Gasteiger partial charge in [-0.05, 0) is 80.4 Å². The van der Waals surface area contributed by atoms with Gasteiger partial charge in [-0.1, -0.05) is 24.3 Å². The molecular formula is C22H12O3. The first kappa shape index (κ1) is 13.9. The van der Waals surface area contributed by atoms with Crippen molar-refractivity contribution < 1.29 is 14.7 Å². The molecule has 1 N–H and O–H groups in total.